The second kappa shape index (κ2) is 12.6. The molecule has 0 spiro atoms. The van der Waals surface area contributed by atoms with Crippen LogP contribution in [0.1, 0.15) is 12.0 Å². The van der Waals surface area contributed by atoms with E-state index in [1.807, 2.05) is 37.3 Å². The molecule has 1 unspecified atom stereocenters. The maximum absolute atomic E-state index is 12.4. The van der Waals surface area contributed by atoms with Gasteiger partial charge in [-0.2, -0.15) is 25.6 Å². The third-order valence-electron chi connectivity index (χ3n) is 6.34. The number of nitrogens with one attached hydrogen (secondary N) is 1. The van der Waals surface area contributed by atoms with Gasteiger partial charge in [0, 0.05) is 17.8 Å². The zero-order valence-corrected chi connectivity index (χ0v) is 22.6. The molecule has 1 N–H and O–H groups in total. The number of piperidine rings is 1. The van der Waals surface area contributed by atoms with Gasteiger partial charge in [0.05, 0.1) is 34.9 Å². The van der Waals surface area contributed by atoms with Crippen LogP contribution in [0, 0.1) is 6.92 Å². The molecule has 42 heavy (non-hydrogen) atoms. The zero-order valence-electron chi connectivity index (χ0n) is 22.6. The van der Waals surface area contributed by atoms with Gasteiger partial charge in [-0.25, -0.2) is 0 Å². The van der Waals surface area contributed by atoms with Gasteiger partial charge in [-0.1, -0.05) is 24.3 Å². The lowest BCUT2D eigenvalue weighted by Gasteiger charge is -2.18. The number of amides is 1. The number of ether oxygens (including phenoxy) is 1. The molecule has 4 aromatic rings. The highest BCUT2D eigenvalue weighted by Crippen LogP contribution is 2.35. The Bertz CT molecular complexity index is 1780. The number of rotatable bonds is 8. The van der Waals surface area contributed by atoms with E-state index in [9.17, 15) is 14.4 Å². The number of carbonyl (C=O) groups is 3. The molecule has 4 aromatic carbocycles. The van der Waals surface area contributed by atoms with Crippen LogP contribution in [-0.2, 0) is 14.4 Å². The largest absolute Gasteiger partial charge is 0.429 e. The average Bonchev–Trinajstić information content (AvgIpc) is 3.00. The molecule has 0 aliphatic carbocycles. The highest BCUT2D eigenvalue weighted by Gasteiger charge is 2.33. The van der Waals surface area contributed by atoms with Gasteiger partial charge >= 0.3 is 0 Å². The third-order valence-corrected chi connectivity index (χ3v) is 6.34. The highest BCUT2D eigenvalue weighted by molar-refractivity contribution is 6.22. The molecule has 1 amide bonds. The fourth-order valence-electron chi connectivity index (χ4n) is 4.16. The smallest absolute Gasteiger partial charge is 0.298 e. The maximum Gasteiger partial charge on any atom is 0.298 e. The molecule has 0 bridgehead atoms. The summed E-state index contributed by atoms with van der Waals surface area (Å²) in [5.41, 5.74) is 3.88. The van der Waals surface area contributed by atoms with Crippen molar-refractivity contribution in [1.82, 2.24) is 5.32 Å². The topological polar surface area (TPSA) is 159 Å². The lowest BCUT2D eigenvalue weighted by molar-refractivity contribution is -0.130. The number of azo groups is 3. The summed E-state index contributed by atoms with van der Waals surface area (Å²) in [5, 5.41) is 29.8. The number of hydrogen-bond donors (Lipinski definition) is 1. The molecule has 1 aliphatic rings. The molecule has 0 saturated carbocycles. The number of aryl methyl sites for hydroxylation is 1. The quantitative estimate of drug-likeness (QED) is 0.139. The first-order valence-corrected chi connectivity index (χ1v) is 12.8. The van der Waals surface area contributed by atoms with E-state index in [4.69, 9.17) is 4.74 Å². The Hall–Kier alpha value is -5.78. The Morgan fingerprint density at radius 1 is 0.786 bits per heavy atom. The summed E-state index contributed by atoms with van der Waals surface area (Å²) in [6.07, 6.45) is 0.00234. The number of nitrogens with zero attached hydrogens (tertiary/aromatic N) is 7. The first kappa shape index (κ1) is 27.8. The second-order valence-corrected chi connectivity index (χ2v) is 9.15. The van der Waals surface area contributed by atoms with Gasteiger partial charge in [0.2, 0.25) is 6.04 Å². The standard InChI is InChI=1S/C30H24N8O4/c1-18-15-20(9-12-24(18)35-33-19-7-10-21(11-8-19)42-17-39)34-36-25-13-14-26(23-6-4-3-5-22(23)25)37-38-29-27(40)16-28(31-2)32-30(29)41/h3-15,17,29H,16H2,1-2H3,(H,31,32,41). The van der Waals surface area contributed by atoms with Crippen LogP contribution >= 0.6 is 0 Å². The molecule has 12 nitrogen and oxygen atoms in total. The Kier molecular flexibility index (Phi) is 8.33. The fourth-order valence-corrected chi connectivity index (χ4v) is 4.16. The van der Waals surface area contributed by atoms with Crippen molar-refractivity contribution in [3.05, 3.63) is 84.4 Å². The van der Waals surface area contributed by atoms with Crippen LogP contribution in [-0.4, -0.2) is 37.1 Å². The van der Waals surface area contributed by atoms with Crippen LogP contribution in [0.25, 0.3) is 10.8 Å². The van der Waals surface area contributed by atoms with Crippen molar-refractivity contribution >= 4 is 63.2 Å². The van der Waals surface area contributed by atoms with E-state index in [1.165, 1.54) is 7.05 Å². The number of Topliss-reactive ketones (excluding diaryl/α,β-unsaturated/α-hetero) is 1. The normalized spacial score (nSPS) is 16.6. The summed E-state index contributed by atoms with van der Waals surface area (Å²) >= 11 is 0. The number of hydrogen-bond acceptors (Lipinski definition) is 11. The first-order chi connectivity index (χ1) is 20.4. The number of benzene rings is 4. The number of amidine groups is 1. The van der Waals surface area contributed by atoms with Crippen molar-refractivity contribution in [3.63, 3.8) is 0 Å². The van der Waals surface area contributed by atoms with Crippen molar-refractivity contribution in [2.75, 3.05) is 7.05 Å². The summed E-state index contributed by atoms with van der Waals surface area (Å²) in [5.74, 6) is -0.165. The first-order valence-electron chi connectivity index (χ1n) is 12.8. The van der Waals surface area contributed by atoms with E-state index in [0.717, 1.165) is 16.3 Å². The van der Waals surface area contributed by atoms with Gasteiger partial charge in [0.25, 0.3) is 12.4 Å². The van der Waals surface area contributed by atoms with Crippen LogP contribution in [0.15, 0.2) is 115 Å². The van der Waals surface area contributed by atoms with E-state index >= 15 is 0 Å². The molecular formula is C30H24N8O4. The maximum atomic E-state index is 12.4. The number of ketones is 1. The van der Waals surface area contributed by atoms with Crippen molar-refractivity contribution in [1.29, 1.82) is 0 Å². The molecule has 0 aromatic heterocycles. The van der Waals surface area contributed by atoms with Gasteiger partial charge in [-0.3, -0.25) is 19.4 Å². The molecule has 1 saturated heterocycles. The molecule has 0 radical (unpaired) electrons. The number of aliphatic imine (C=N–C) groups is 1. The van der Waals surface area contributed by atoms with Crippen LogP contribution in [0.4, 0.5) is 28.4 Å². The predicted molar refractivity (Wildman–Crippen MR) is 156 cm³/mol. The Balaban J connectivity index is 1.33. The SMILES string of the molecule is CN=C1CC(=O)C(N=Nc2ccc(N=Nc3ccc(N=Nc4ccc(OC=O)cc4)c(C)c3)c3ccccc23)C(=O)N1. The fraction of sp³-hybridized carbons (Fsp3) is 0.133. The van der Waals surface area contributed by atoms with E-state index < -0.39 is 11.9 Å². The summed E-state index contributed by atoms with van der Waals surface area (Å²) < 4.78 is 4.78. The highest BCUT2D eigenvalue weighted by atomic mass is 16.5. The average molecular weight is 561 g/mol. The summed E-state index contributed by atoms with van der Waals surface area (Å²) in [4.78, 5) is 39.0. The summed E-state index contributed by atoms with van der Waals surface area (Å²) in [7, 11) is 1.51. The Labute approximate surface area is 240 Å². The van der Waals surface area contributed by atoms with Gasteiger partial charge in [-0.15, -0.1) is 5.11 Å². The van der Waals surface area contributed by atoms with E-state index in [0.29, 0.717) is 46.5 Å². The summed E-state index contributed by atoms with van der Waals surface area (Å²) in [6, 6.07) is 21.8. The van der Waals surface area contributed by atoms with Crippen LogP contribution in [0.3, 0.4) is 0 Å². The van der Waals surface area contributed by atoms with Crippen molar-refractivity contribution < 1.29 is 19.1 Å². The lowest BCUT2D eigenvalue weighted by atomic mass is 10.1. The van der Waals surface area contributed by atoms with E-state index in [1.54, 1.807) is 48.5 Å². The Morgan fingerprint density at radius 2 is 1.40 bits per heavy atom. The van der Waals surface area contributed by atoms with Crippen LogP contribution < -0.4 is 10.1 Å². The minimum Gasteiger partial charge on any atom is -0.429 e. The molecular weight excluding hydrogens is 536 g/mol. The second-order valence-electron chi connectivity index (χ2n) is 9.15. The van der Waals surface area contributed by atoms with E-state index in [2.05, 4.69) is 41.0 Å². The monoisotopic (exact) mass is 560 g/mol. The van der Waals surface area contributed by atoms with Crippen molar-refractivity contribution in [2.24, 2.45) is 35.7 Å². The minimum atomic E-state index is -1.22. The minimum absolute atomic E-state index is 0.00234. The Morgan fingerprint density at radius 3 is 2.05 bits per heavy atom. The predicted octanol–water partition coefficient (Wildman–Crippen LogP) is 7.08. The molecule has 1 atom stereocenters. The number of fused-ring (bicyclic) bond motifs is 1. The van der Waals surface area contributed by atoms with Crippen LogP contribution in [0.5, 0.6) is 5.75 Å². The van der Waals surface area contributed by atoms with Gasteiger partial charge < -0.3 is 10.1 Å². The zero-order chi connectivity index (χ0) is 29.5. The van der Waals surface area contributed by atoms with Crippen molar-refractivity contribution in [3.8, 4) is 5.75 Å². The molecule has 1 aliphatic heterocycles. The number of carbonyl (C=O) groups excluding carboxylic acids is 3. The van der Waals surface area contributed by atoms with Gasteiger partial charge in [0.15, 0.2) is 5.78 Å². The molecule has 1 heterocycles. The third kappa shape index (κ3) is 6.33. The lowest BCUT2D eigenvalue weighted by Crippen LogP contribution is -2.48. The van der Waals surface area contributed by atoms with Gasteiger partial charge in [0.1, 0.15) is 11.6 Å². The van der Waals surface area contributed by atoms with Crippen LogP contribution in [0.2, 0.25) is 0 Å². The van der Waals surface area contributed by atoms with Gasteiger partial charge in [-0.05, 0) is 67.1 Å². The summed E-state index contributed by atoms with van der Waals surface area (Å²) in [6.45, 7) is 2.27. The molecule has 12 heteroatoms. The van der Waals surface area contributed by atoms with E-state index in [-0.39, 0.29) is 12.2 Å². The molecule has 5 rings (SSSR count). The molecule has 1 fully saturated rings. The van der Waals surface area contributed by atoms with Crippen molar-refractivity contribution in [2.45, 2.75) is 19.4 Å². The molecule has 208 valence electrons.